The van der Waals surface area contributed by atoms with Gasteiger partial charge < -0.3 is 19.7 Å². The number of aromatic nitrogens is 3. The number of amides is 1. The Balaban J connectivity index is 1.22. The number of hydrogen-bond acceptors (Lipinski definition) is 9. The summed E-state index contributed by atoms with van der Waals surface area (Å²) in [7, 11) is -1.81. The van der Waals surface area contributed by atoms with Gasteiger partial charge in [0.15, 0.2) is 9.84 Å². The molecule has 11 heteroatoms. The van der Waals surface area contributed by atoms with Crippen LogP contribution in [0, 0.1) is 6.92 Å². The third kappa shape index (κ3) is 5.52. The van der Waals surface area contributed by atoms with Crippen molar-refractivity contribution in [3.63, 3.8) is 0 Å². The maximum Gasteiger partial charge on any atom is 0.251 e. The Morgan fingerprint density at radius 2 is 2.00 bits per heavy atom. The standard InChI is InChI=1S/C30H31N5O5S/c1-19-24(17-39-2)12-20-4-3-9-35(29(20)33-19)28-8-7-22-15-31-25(14-26(22)34-28)16-32-30(36)21-5-6-23-18-40-10-11-41(37,38)27(23)13-21/h5-8,12-15H,3-4,9-11,16-18H2,1-2H3,(H,32,36). The van der Waals surface area contributed by atoms with Gasteiger partial charge in [0, 0.05) is 36.5 Å². The Hall–Kier alpha value is -3.93. The number of sulfone groups is 1. The highest BCUT2D eigenvalue weighted by atomic mass is 32.2. The monoisotopic (exact) mass is 573 g/mol. The third-order valence-corrected chi connectivity index (χ3v) is 9.25. The minimum Gasteiger partial charge on any atom is -0.380 e. The number of carbonyl (C=O) groups is 1. The van der Waals surface area contributed by atoms with E-state index in [1.165, 1.54) is 11.6 Å². The number of benzene rings is 1. The maximum absolute atomic E-state index is 12.9. The molecule has 1 amide bonds. The van der Waals surface area contributed by atoms with Gasteiger partial charge in [-0.2, -0.15) is 0 Å². The van der Waals surface area contributed by atoms with Crippen molar-refractivity contribution in [3.05, 3.63) is 82.3 Å². The molecule has 6 rings (SSSR count). The van der Waals surface area contributed by atoms with Crippen LogP contribution in [0.15, 0.2) is 53.6 Å². The van der Waals surface area contributed by atoms with Crippen LogP contribution >= 0.6 is 0 Å². The van der Waals surface area contributed by atoms with Gasteiger partial charge in [0.1, 0.15) is 11.6 Å². The van der Waals surface area contributed by atoms with E-state index in [-0.39, 0.29) is 41.9 Å². The molecule has 2 aliphatic rings. The van der Waals surface area contributed by atoms with Gasteiger partial charge in [-0.05, 0) is 72.9 Å². The summed E-state index contributed by atoms with van der Waals surface area (Å²) in [6, 6.07) is 12.7. The Kier molecular flexibility index (Phi) is 7.41. The second kappa shape index (κ2) is 11.2. The summed E-state index contributed by atoms with van der Waals surface area (Å²) in [5.74, 6) is 1.25. The van der Waals surface area contributed by atoms with Crippen molar-refractivity contribution in [2.24, 2.45) is 0 Å². The predicted molar refractivity (Wildman–Crippen MR) is 154 cm³/mol. The first kappa shape index (κ1) is 27.3. The number of nitrogens with zero attached hydrogens (tertiary/aromatic N) is 4. The number of pyridine rings is 3. The summed E-state index contributed by atoms with van der Waals surface area (Å²) in [6.45, 7) is 3.87. The number of fused-ring (bicyclic) bond motifs is 3. The highest BCUT2D eigenvalue weighted by molar-refractivity contribution is 7.91. The van der Waals surface area contributed by atoms with Gasteiger partial charge in [0.05, 0.1) is 48.2 Å². The minimum atomic E-state index is -3.51. The number of aryl methyl sites for hydroxylation is 2. The van der Waals surface area contributed by atoms with Crippen LogP contribution in [0.4, 0.5) is 11.6 Å². The molecule has 1 N–H and O–H groups in total. The predicted octanol–water partition coefficient (Wildman–Crippen LogP) is 3.80. The van der Waals surface area contributed by atoms with E-state index in [2.05, 4.69) is 21.3 Å². The number of rotatable bonds is 6. The van der Waals surface area contributed by atoms with E-state index in [1.54, 1.807) is 25.4 Å². The summed E-state index contributed by atoms with van der Waals surface area (Å²) in [5.41, 5.74) is 5.47. The van der Waals surface area contributed by atoms with Crippen LogP contribution in [-0.2, 0) is 45.5 Å². The zero-order valence-electron chi connectivity index (χ0n) is 23.0. The maximum atomic E-state index is 12.9. The molecule has 0 atom stereocenters. The van der Waals surface area contributed by atoms with Gasteiger partial charge in [-0.3, -0.25) is 9.78 Å². The SMILES string of the molecule is COCc1cc2c(nc1C)N(c1ccc3cnc(CNC(=O)c4ccc5c(c4)S(=O)(=O)CCOC5)cc3n1)CCC2. The molecule has 4 aromatic rings. The Morgan fingerprint density at radius 1 is 1.12 bits per heavy atom. The van der Waals surface area contributed by atoms with E-state index in [4.69, 9.17) is 19.4 Å². The lowest BCUT2D eigenvalue weighted by Crippen LogP contribution is -2.27. The van der Waals surface area contributed by atoms with Crippen molar-refractivity contribution in [2.45, 2.75) is 44.4 Å². The molecule has 2 aliphatic heterocycles. The quantitative estimate of drug-likeness (QED) is 0.367. The molecule has 3 aromatic heterocycles. The fourth-order valence-corrected chi connectivity index (χ4v) is 6.68. The summed E-state index contributed by atoms with van der Waals surface area (Å²) in [6.07, 6.45) is 3.70. The van der Waals surface area contributed by atoms with Gasteiger partial charge in [0.25, 0.3) is 5.91 Å². The lowest BCUT2D eigenvalue weighted by atomic mass is 10.0. The minimum absolute atomic E-state index is 0.103. The van der Waals surface area contributed by atoms with E-state index in [9.17, 15) is 13.2 Å². The average Bonchev–Trinajstić information content (AvgIpc) is 3.13. The molecule has 0 aliphatic carbocycles. The zero-order chi connectivity index (χ0) is 28.6. The van der Waals surface area contributed by atoms with Crippen LogP contribution in [-0.4, -0.2) is 55.3 Å². The highest BCUT2D eigenvalue weighted by Crippen LogP contribution is 2.33. The number of methoxy groups -OCH3 is 1. The van der Waals surface area contributed by atoms with Crippen LogP contribution in [0.5, 0.6) is 0 Å². The van der Waals surface area contributed by atoms with E-state index < -0.39 is 9.84 Å². The van der Waals surface area contributed by atoms with E-state index in [0.717, 1.165) is 53.2 Å². The lowest BCUT2D eigenvalue weighted by molar-refractivity contribution is 0.0950. The molecule has 0 saturated heterocycles. The van der Waals surface area contributed by atoms with Crippen LogP contribution in [0.2, 0.25) is 0 Å². The molecule has 0 unspecified atom stereocenters. The van der Waals surface area contributed by atoms with E-state index in [1.807, 2.05) is 25.1 Å². The van der Waals surface area contributed by atoms with Gasteiger partial charge in [-0.15, -0.1) is 0 Å². The second-order valence-electron chi connectivity index (χ2n) is 10.3. The molecule has 212 valence electrons. The largest absolute Gasteiger partial charge is 0.380 e. The molecule has 5 heterocycles. The van der Waals surface area contributed by atoms with Crippen molar-refractivity contribution < 1.29 is 22.7 Å². The molecule has 41 heavy (non-hydrogen) atoms. The molecule has 10 nitrogen and oxygen atoms in total. The Labute approximate surface area is 238 Å². The fraction of sp³-hybridized carbons (Fsp3) is 0.333. The number of nitrogens with one attached hydrogen (secondary N) is 1. The first-order valence-corrected chi connectivity index (χ1v) is 15.2. The molecule has 0 saturated carbocycles. The first-order valence-electron chi connectivity index (χ1n) is 13.6. The smallest absolute Gasteiger partial charge is 0.251 e. The molecule has 0 bridgehead atoms. The summed E-state index contributed by atoms with van der Waals surface area (Å²) < 4.78 is 35.9. The van der Waals surface area contributed by atoms with Crippen LogP contribution in [0.3, 0.4) is 0 Å². The summed E-state index contributed by atoms with van der Waals surface area (Å²) in [5, 5.41) is 3.74. The van der Waals surface area contributed by atoms with Gasteiger partial charge in [-0.25, -0.2) is 18.4 Å². The van der Waals surface area contributed by atoms with Crippen molar-refractivity contribution >= 4 is 38.3 Å². The van der Waals surface area contributed by atoms with Crippen molar-refractivity contribution in [1.29, 1.82) is 0 Å². The van der Waals surface area contributed by atoms with Crippen molar-refractivity contribution in [1.82, 2.24) is 20.3 Å². The molecule has 0 spiro atoms. The number of hydrogen-bond donors (Lipinski definition) is 1. The van der Waals surface area contributed by atoms with Crippen LogP contribution < -0.4 is 10.2 Å². The summed E-state index contributed by atoms with van der Waals surface area (Å²) in [4.78, 5) is 29.6. The Bertz CT molecular complexity index is 1760. The van der Waals surface area contributed by atoms with Crippen molar-refractivity contribution in [2.75, 3.05) is 30.9 Å². The first-order chi connectivity index (χ1) is 19.8. The van der Waals surface area contributed by atoms with Crippen LogP contribution in [0.1, 0.15) is 44.9 Å². The normalized spacial score (nSPS) is 16.1. The number of ether oxygens (including phenoxy) is 2. The van der Waals surface area contributed by atoms with Gasteiger partial charge >= 0.3 is 0 Å². The van der Waals surface area contributed by atoms with Crippen LogP contribution in [0.25, 0.3) is 10.9 Å². The highest BCUT2D eigenvalue weighted by Gasteiger charge is 2.24. The molecule has 1 aromatic carbocycles. The fourth-order valence-electron chi connectivity index (χ4n) is 5.29. The lowest BCUT2D eigenvalue weighted by Gasteiger charge is -2.30. The zero-order valence-corrected chi connectivity index (χ0v) is 23.8. The topological polar surface area (TPSA) is 124 Å². The summed E-state index contributed by atoms with van der Waals surface area (Å²) >= 11 is 0. The van der Waals surface area contributed by atoms with E-state index >= 15 is 0 Å². The number of anilines is 2. The third-order valence-electron chi connectivity index (χ3n) is 7.50. The van der Waals surface area contributed by atoms with Crippen molar-refractivity contribution in [3.8, 4) is 0 Å². The number of carbonyl (C=O) groups excluding carboxylic acids is 1. The Morgan fingerprint density at radius 3 is 2.85 bits per heavy atom. The van der Waals surface area contributed by atoms with E-state index in [0.29, 0.717) is 17.9 Å². The average molecular weight is 574 g/mol. The molecular weight excluding hydrogens is 542 g/mol. The van der Waals surface area contributed by atoms with Gasteiger partial charge in [0.2, 0.25) is 0 Å². The van der Waals surface area contributed by atoms with Gasteiger partial charge in [-0.1, -0.05) is 6.07 Å². The second-order valence-corrected chi connectivity index (χ2v) is 12.4. The molecule has 0 fully saturated rings. The molecule has 0 radical (unpaired) electrons. The molecular formula is C30H31N5O5S.